The van der Waals surface area contributed by atoms with Gasteiger partial charge in [-0.25, -0.2) is 4.98 Å². The van der Waals surface area contributed by atoms with Gasteiger partial charge in [0, 0.05) is 0 Å². The number of nitrogens with one attached hydrogen (secondary N) is 1. The van der Waals surface area contributed by atoms with Crippen LogP contribution in [0.1, 0.15) is 5.56 Å². The van der Waals surface area contributed by atoms with Gasteiger partial charge in [-0.1, -0.05) is 11.8 Å². The van der Waals surface area contributed by atoms with E-state index < -0.39 is 11.4 Å². The molecular formula is C7H6N2O3. The molecule has 1 heterocycles. The molecule has 3 N–H and O–H groups in total. The first-order valence-corrected chi connectivity index (χ1v) is 3.12. The van der Waals surface area contributed by atoms with Crippen LogP contribution in [0, 0.1) is 11.8 Å². The number of nitrogens with zero attached hydrogens (tertiary/aromatic N) is 1. The highest BCUT2D eigenvalue weighted by molar-refractivity contribution is 5.38. The number of aromatic amines is 1. The molecule has 0 aliphatic heterocycles. The molecule has 0 aromatic carbocycles. The Hall–Kier alpha value is -1.80. The van der Waals surface area contributed by atoms with E-state index in [4.69, 9.17) is 10.2 Å². The van der Waals surface area contributed by atoms with Gasteiger partial charge >= 0.3 is 0 Å². The summed E-state index contributed by atoms with van der Waals surface area (Å²) in [5.74, 6) is 4.08. The van der Waals surface area contributed by atoms with Crippen LogP contribution < -0.4 is 5.56 Å². The maximum atomic E-state index is 10.9. The van der Waals surface area contributed by atoms with Gasteiger partial charge in [-0.05, 0) is 0 Å². The second-order valence-electron chi connectivity index (χ2n) is 1.89. The molecule has 0 atom stereocenters. The fourth-order valence-corrected chi connectivity index (χ4v) is 0.631. The van der Waals surface area contributed by atoms with Crippen LogP contribution in [-0.2, 0) is 0 Å². The lowest BCUT2D eigenvalue weighted by Gasteiger charge is -1.91. The molecule has 12 heavy (non-hydrogen) atoms. The number of hydrogen-bond acceptors (Lipinski definition) is 4. The zero-order chi connectivity index (χ0) is 8.97. The highest BCUT2D eigenvalue weighted by atomic mass is 16.3. The van der Waals surface area contributed by atoms with E-state index in [1.165, 1.54) is 0 Å². The highest BCUT2D eigenvalue weighted by Crippen LogP contribution is 2.02. The van der Waals surface area contributed by atoms with E-state index in [2.05, 4.69) is 21.8 Å². The van der Waals surface area contributed by atoms with Crippen molar-refractivity contribution in [2.24, 2.45) is 0 Å². The van der Waals surface area contributed by atoms with Crippen molar-refractivity contribution in [2.45, 2.75) is 0 Å². The summed E-state index contributed by atoms with van der Waals surface area (Å²) in [5, 5.41) is 17.3. The number of aliphatic hydroxyl groups excluding tert-OH is 1. The third-order valence-corrected chi connectivity index (χ3v) is 1.13. The van der Waals surface area contributed by atoms with Crippen molar-refractivity contribution in [2.75, 3.05) is 6.61 Å². The average molecular weight is 166 g/mol. The largest absolute Gasteiger partial charge is 0.492 e. The first-order chi connectivity index (χ1) is 5.75. The predicted molar refractivity (Wildman–Crippen MR) is 40.5 cm³/mol. The van der Waals surface area contributed by atoms with Gasteiger partial charge in [0.2, 0.25) is 5.88 Å². The second-order valence-corrected chi connectivity index (χ2v) is 1.89. The number of H-pyrrole nitrogens is 1. The van der Waals surface area contributed by atoms with Crippen LogP contribution >= 0.6 is 0 Å². The fraction of sp³-hybridized carbons (Fsp3) is 0.143. The number of aromatic hydroxyl groups is 1. The van der Waals surface area contributed by atoms with Crippen LogP contribution in [0.3, 0.4) is 0 Å². The molecule has 0 amide bonds. The van der Waals surface area contributed by atoms with Gasteiger partial charge < -0.3 is 15.2 Å². The molecule has 0 saturated heterocycles. The first kappa shape index (κ1) is 8.30. The molecular weight excluding hydrogens is 160 g/mol. The molecule has 0 unspecified atom stereocenters. The van der Waals surface area contributed by atoms with Gasteiger partial charge in [0.15, 0.2) is 5.56 Å². The Morgan fingerprint density at radius 3 is 3.00 bits per heavy atom. The van der Waals surface area contributed by atoms with Crippen LogP contribution in [0.2, 0.25) is 0 Å². The average Bonchev–Trinajstić information content (AvgIpc) is 2.04. The number of aliphatic hydroxyl groups is 1. The third kappa shape index (κ3) is 1.62. The van der Waals surface area contributed by atoms with Gasteiger partial charge in [0.25, 0.3) is 5.56 Å². The van der Waals surface area contributed by atoms with Crippen LogP contribution in [0.4, 0.5) is 0 Å². The van der Waals surface area contributed by atoms with E-state index in [9.17, 15) is 4.79 Å². The SMILES string of the molecule is O=c1[nH]cnc(O)c1C#CCO. The fourth-order valence-electron chi connectivity index (χ4n) is 0.631. The number of rotatable bonds is 0. The quantitative estimate of drug-likeness (QED) is 0.423. The molecule has 0 aliphatic rings. The Bertz CT molecular complexity index is 386. The summed E-state index contributed by atoms with van der Waals surface area (Å²) in [6, 6.07) is 0. The lowest BCUT2D eigenvalue weighted by Crippen LogP contribution is -2.10. The second kappa shape index (κ2) is 3.55. The summed E-state index contributed by atoms with van der Waals surface area (Å²) in [6.07, 6.45) is 1.07. The van der Waals surface area contributed by atoms with Crippen molar-refractivity contribution in [3.05, 3.63) is 22.2 Å². The minimum Gasteiger partial charge on any atom is -0.492 e. The van der Waals surface area contributed by atoms with E-state index >= 15 is 0 Å². The molecule has 0 saturated carbocycles. The lowest BCUT2D eigenvalue weighted by molar-refractivity contribution is 0.350. The van der Waals surface area contributed by atoms with E-state index in [1.54, 1.807) is 0 Å². The normalized spacial score (nSPS) is 8.75. The molecule has 0 aliphatic carbocycles. The zero-order valence-corrected chi connectivity index (χ0v) is 6.03. The van der Waals surface area contributed by atoms with E-state index in [0.717, 1.165) is 6.33 Å². The highest BCUT2D eigenvalue weighted by Gasteiger charge is 2.02. The summed E-state index contributed by atoms with van der Waals surface area (Å²) in [5.41, 5.74) is -0.657. The van der Waals surface area contributed by atoms with Gasteiger partial charge in [-0.3, -0.25) is 4.79 Å². The van der Waals surface area contributed by atoms with Crippen molar-refractivity contribution in [1.29, 1.82) is 0 Å². The van der Waals surface area contributed by atoms with Crippen molar-refractivity contribution in [1.82, 2.24) is 9.97 Å². The molecule has 0 radical (unpaired) electrons. The first-order valence-electron chi connectivity index (χ1n) is 3.12. The van der Waals surface area contributed by atoms with Crippen LogP contribution in [0.5, 0.6) is 5.88 Å². The number of hydrogen-bond donors (Lipinski definition) is 3. The van der Waals surface area contributed by atoms with E-state index in [1.807, 2.05) is 0 Å². The Balaban J connectivity index is 3.22. The van der Waals surface area contributed by atoms with Crippen LogP contribution in [-0.4, -0.2) is 26.8 Å². The van der Waals surface area contributed by atoms with Gasteiger partial charge in [-0.15, -0.1) is 0 Å². The topological polar surface area (TPSA) is 86.2 Å². The molecule has 0 spiro atoms. The van der Waals surface area contributed by atoms with Crippen molar-refractivity contribution in [3.63, 3.8) is 0 Å². The molecule has 0 fully saturated rings. The summed E-state index contributed by atoms with van der Waals surface area (Å²) < 4.78 is 0. The molecule has 1 rings (SSSR count). The Kier molecular flexibility index (Phi) is 2.46. The van der Waals surface area contributed by atoms with E-state index in [0.29, 0.717) is 0 Å². The summed E-state index contributed by atoms with van der Waals surface area (Å²) in [7, 11) is 0. The summed E-state index contributed by atoms with van der Waals surface area (Å²) in [4.78, 5) is 16.6. The molecule has 0 bridgehead atoms. The predicted octanol–water partition coefficient (Wildman–Crippen LogP) is -1.18. The molecule has 5 nitrogen and oxygen atoms in total. The minimum atomic E-state index is -0.525. The molecule has 5 heteroatoms. The Morgan fingerprint density at radius 2 is 2.42 bits per heavy atom. The van der Waals surface area contributed by atoms with Gasteiger partial charge in [-0.2, -0.15) is 0 Å². The maximum Gasteiger partial charge on any atom is 0.270 e. The monoisotopic (exact) mass is 166 g/mol. The van der Waals surface area contributed by atoms with Crippen molar-refractivity contribution >= 4 is 0 Å². The lowest BCUT2D eigenvalue weighted by atomic mass is 10.3. The zero-order valence-electron chi connectivity index (χ0n) is 6.03. The summed E-state index contributed by atoms with van der Waals surface area (Å²) in [6.45, 7) is -0.367. The molecule has 1 aromatic rings. The number of aromatic nitrogens is 2. The van der Waals surface area contributed by atoms with E-state index in [-0.39, 0.29) is 12.2 Å². The Labute approximate surface area is 67.7 Å². The maximum absolute atomic E-state index is 10.9. The minimum absolute atomic E-state index is 0.133. The van der Waals surface area contributed by atoms with Crippen LogP contribution in [0.25, 0.3) is 0 Å². The van der Waals surface area contributed by atoms with Crippen molar-refractivity contribution in [3.8, 4) is 17.7 Å². The van der Waals surface area contributed by atoms with Gasteiger partial charge in [0.1, 0.15) is 6.61 Å². The third-order valence-electron chi connectivity index (χ3n) is 1.13. The van der Waals surface area contributed by atoms with Gasteiger partial charge in [0.05, 0.1) is 6.33 Å². The van der Waals surface area contributed by atoms with Crippen molar-refractivity contribution < 1.29 is 10.2 Å². The standard InChI is InChI=1S/C7H6N2O3/c10-3-1-2-5-6(11)8-4-9-7(5)12/h4,10H,3H2,(H2,8,9,11,12). The van der Waals surface area contributed by atoms with Crippen LogP contribution in [0.15, 0.2) is 11.1 Å². The summed E-state index contributed by atoms with van der Waals surface area (Å²) >= 11 is 0. The molecule has 62 valence electrons. The Morgan fingerprint density at radius 1 is 1.67 bits per heavy atom. The molecule has 1 aromatic heterocycles. The smallest absolute Gasteiger partial charge is 0.270 e.